The summed E-state index contributed by atoms with van der Waals surface area (Å²) in [5.41, 5.74) is 9.69. The Hall–Kier alpha value is -5.15. The summed E-state index contributed by atoms with van der Waals surface area (Å²) in [6, 6.07) is 30.5. The highest BCUT2D eigenvalue weighted by atomic mass is 16.5. The maximum absolute atomic E-state index is 13.4. The lowest BCUT2D eigenvalue weighted by molar-refractivity contribution is -0.136. The number of imide groups is 1. The molecule has 1 unspecified atom stereocenters. The summed E-state index contributed by atoms with van der Waals surface area (Å²) in [7, 11) is 0. The van der Waals surface area contributed by atoms with Gasteiger partial charge in [0.05, 0.1) is 0 Å². The van der Waals surface area contributed by atoms with Gasteiger partial charge in [-0.2, -0.15) is 0 Å². The van der Waals surface area contributed by atoms with Gasteiger partial charge >= 0.3 is 0 Å². The molecule has 0 radical (unpaired) electrons. The number of rotatable bonds is 5. The van der Waals surface area contributed by atoms with E-state index in [1.807, 2.05) is 18.2 Å². The molecule has 2 spiro atoms. The largest absolute Gasteiger partial charge is 0.508 e. The fourth-order valence-corrected chi connectivity index (χ4v) is 12.2. The van der Waals surface area contributed by atoms with Crippen molar-refractivity contribution in [2.24, 2.45) is 5.41 Å². The number of hydrogen-bond donors (Lipinski definition) is 2. The van der Waals surface area contributed by atoms with Crippen molar-refractivity contribution in [3.63, 3.8) is 0 Å². The number of anilines is 1. The van der Waals surface area contributed by atoms with E-state index in [-0.39, 0.29) is 35.7 Å². The van der Waals surface area contributed by atoms with Crippen molar-refractivity contribution in [1.29, 1.82) is 0 Å². The molecule has 9 heteroatoms. The number of phenols is 1. The second-order valence-electron chi connectivity index (χ2n) is 18.9. The molecule has 0 bridgehead atoms. The van der Waals surface area contributed by atoms with Gasteiger partial charge in [0.2, 0.25) is 11.8 Å². The van der Waals surface area contributed by atoms with Crippen molar-refractivity contribution in [3.05, 3.63) is 124 Å². The average molecular weight is 791 g/mol. The summed E-state index contributed by atoms with van der Waals surface area (Å²) in [4.78, 5) is 44.6. The second-order valence-corrected chi connectivity index (χ2v) is 18.9. The van der Waals surface area contributed by atoms with Crippen LogP contribution in [0, 0.1) is 5.41 Å². The van der Waals surface area contributed by atoms with E-state index in [0.29, 0.717) is 41.7 Å². The van der Waals surface area contributed by atoms with E-state index in [2.05, 4.69) is 81.8 Å². The fraction of sp³-hybridized carbons (Fsp3) is 0.460. The summed E-state index contributed by atoms with van der Waals surface area (Å²) in [5.74, 6) is 1.18. The van der Waals surface area contributed by atoms with Gasteiger partial charge in [0.15, 0.2) is 0 Å². The number of aromatic hydroxyl groups is 1. The summed E-state index contributed by atoms with van der Waals surface area (Å²) in [5, 5.41) is 12.7. The third-order valence-corrected chi connectivity index (χ3v) is 15.7. The predicted molar refractivity (Wildman–Crippen MR) is 226 cm³/mol. The van der Waals surface area contributed by atoms with E-state index < -0.39 is 6.04 Å². The normalized spacial score (nSPS) is 26.2. The second kappa shape index (κ2) is 14.3. The van der Waals surface area contributed by atoms with Crippen LogP contribution >= 0.6 is 0 Å². The van der Waals surface area contributed by atoms with Crippen LogP contribution in [0.2, 0.25) is 0 Å². The zero-order valence-corrected chi connectivity index (χ0v) is 33.8. The van der Waals surface area contributed by atoms with Crippen LogP contribution in [0.1, 0.15) is 120 Å². The van der Waals surface area contributed by atoms with E-state index in [1.54, 1.807) is 4.90 Å². The van der Waals surface area contributed by atoms with Crippen molar-refractivity contribution < 1.29 is 24.2 Å². The van der Waals surface area contributed by atoms with Crippen LogP contribution in [0.5, 0.6) is 11.5 Å². The predicted octanol–water partition coefficient (Wildman–Crippen LogP) is 7.62. The molecule has 4 aromatic carbocycles. The van der Waals surface area contributed by atoms with Crippen LogP contribution in [0.3, 0.4) is 0 Å². The maximum atomic E-state index is 13.4. The molecule has 7 aliphatic rings. The van der Waals surface area contributed by atoms with Crippen LogP contribution in [-0.2, 0) is 29.0 Å². The molecule has 0 aromatic heterocycles. The molecule has 304 valence electrons. The number of hydrogen-bond acceptors (Lipinski definition) is 7. The Balaban J connectivity index is 0.689. The lowest BCUT2D eigenvalue weighted by atomic mass is 9.59. The molecule has 1 saturated carbocycles. The van der Waals surface area contributed by atoms with Gasteiger partial charge in [-0.25, -0.2) is 0 Å². The standard InChI is InChI=1S/C50H54N4O5/c55-39-11-13-41-34(26-39)8-12-40(32-4-2-1-3-5-32)46(41)33-6-9-37(10-7-33)52-22-18-49(19-23-52)29-38(30-49)53-24-20-50(21-25-53)17-16-35-27-42-36(28-44(35)59-50)31-54(48(42)58)43-14-15-45(56)51-47(43)57/h1-7,9-11,13,26-28,38,40,43,46,55H,8,12,14-25,29-31H2,(H,51,56,57)/t40-,43?,46+/m1/s1. The molecule has 4 fully saturated rings. The molecule has 2 aliphatic carbocycles. The number of ether oxygens (including phenoxy) is 1. The summed E-state index contributed by atoms with van der Waals surface area (Å²) < 4.78 is 6.87. The SMILES string of the molecule is O=C1CCC(N2Cc3cc4c(cc3C2=O)CCC2(CCN(C3CC5(CCN(c6ccc([C@@H]7c8ccc(O)cc8CC[C@@H]7c7ccccc7)cc6)CC5)C3)CC2)O4)C(=O)N1. The molecule has 3 saturated heterocycles. The quantitative estimate of drug-likeness (QED) is 0.201. The minimum absolute atomic E-state index is 0.119. The number of phenolic OH excluding ortho intramolecular Hbond substituents is 1. The number of nitrogens with one attached hydrogen (secondary N) is 1. The van der Waals surface area contributed by atoms with Crippen LogP contribution in [-0.4, -0.2) is 76.5 Å². The van der Waals surface area contributed by atoms with Crippen LogP contribution in [0.15, 0.2) is 84.9 Å². The highest BCUT2D eigenvalue weighted by Gasteiger charge is 2.50. The highest BCUT2D eigenvalue weighted by molar-refractivity contribution is 6.05. The molecule has 3 atom stereocenters. The number of piperidine rings is 3. The Morgan fingerprint density at radius 2 is 1.49 bits per heavy atom. The molecule has 59 heavy (non-hydrogen) atoms. The van der Waals surface area contributed by atoms with Gasteiger partial charge in [-0.05, 0) is 152 Å². The molecular formula is C50H54N4O5. The van der Waals surface area contributed by atoms with Gasteiger partial charge in [0.25, 0.3) is 5.91 Å². The summed E-state index contributed by atoms with van der Waals surface area (Å²) in [6.45, 7) is 4.74. The van der Waals surface area contributed by atoms with E-state index in [0.717, 1.165) is 81.6 Å². The molecular weight excluding hydrogens is 737 g/mol. The minimum Gasteiger partial charge on any atom is -0.508 e. The number of nitrogens with zero attached hydrogens (tertiary/aromatic N) is 3. The third kappa shape index (κ3) is 6.51. The molecule has 4 aromatic rings. The van der Waals surface area contributed by atoms with Gasteiger partial charge in [0, 0.05) is 62.4 Å². The number of likely N-dealkylation sites (tertiary alicyclic amines) is 1. The van der Waals surface area contributed by atoms with Gasteiger partial charge in [-0.3, -0.25) is 19.7 Å². The number of carbonyl (C=O) groups excluding carboxylic acids is 3. The number of carbonyl (C=O) groups is 3. The lowest BCUT2D eigenvalue weighted by Crippen LogP contribution is -2.59. The lowest BCUT2D eigenvalue weighted by Gasteiger charge is -2.57. The first-order valence-electron chi connectivity index (χ1n) is 22.2. The highest BCUT2D eigenvalue weighted by Crippen LogP contribution is 2.53. The zero-order chi connectivity index (χ0) is 39.9. The first-order chi connectivity index (χ1) is 28.7. The van der Waals surface area contributed by atoms with E-state index in [4.69, 9.17) is 4.74 Å². The number of fused-ring (bicyclic) bond motifs is 3. The Kier molecular flexibility index (Phi) is 8.91. The van der Waals surface area contributed by atoms with Crippen molar-refractivity contribution in [3.8, 4) is 11.5 Å². The molecule has 5 aliphatic heterocycles. The molecule has 2 N–H and O–H groups in total. The van der Waals surface area contributed by atoms with Crippen molar-refractivity contribution in [1.82, 2.24) is 15.1 Å². The molecule has 11 rings (SSSR count). The van der Waals surface area contributed by atoms with Gasteiger partial charge in [-0.1, -0.05) is 48.5 Å². The van der Waals surface area contributed by atoms with Crippen LogP contribution in [0.4, 0.5) is 5.69 Å². The smallest absolute Gasteiger partial charge is 0.255 e. The monoisotopic (exact) mass is 790 g/mol. The van der Waals surface area contributed by atoms with Crippen molar-refractivity contribution in [2.45, 2.75) is 113 Å². The van der Waals surface area contributed by atoms with Gasteiger partial charge in [0.1, 0.15) is 23.1 Å². The maximum Gasteiger partial charge on any atom is 0.255 e. The molecule has 9 nitrogen and oxygen atoms in total. The van der Waals surface area contributed by atoms with Crippen LogP contribution in [0.25, 0.3) is 0 Å². The number of amides is 3. The number of benzene rings is 4. The Labute approximate surface area is 346 Å². The average Bonchev–Trinajstić information content (AvgIpc) is 3.56. The van der Waals surface area contributed by atoms with Crippen LogP contribution < -0.4 is 15.0 Å². The van der Waals surface area contributed by atoms with E-state index in [1.165, 1.54) is 53.6 Å². The Morgan fingerprint density at radius 1 is 0.712 bits per heavy atom. The van der Waals surface area contributed by atoms with E-state index >= 15 is 0 Å². The topological polar surface area (TPSA) is 102 Å². The first kappa shape index (κ1) is 36.9. The summed E-state index contributed by atoms with van der Waals surface area (Å²) >= 11 is 0. The van der Waals surface area contributed by atoms with E-state index in [9.17, 15) is 19.5 Å². The summed E-state index contributed by atoms with van der Waals surface area (Å²) in [6.07, 6.45) is 11.7. The fourth-order valence-electron chi connectivity index (χ4n) is 12.2. The Bertz CT molecular complexity index is 2300. The zero-order valence-electron chi connectivity index (χ0n) is 33.8. The van der Waals surface area contributed by atoms with Crippen molar-refractivity contribution >= 4 is 23.4 Å². The molecule has 3 amide bonds. The van der Waals surface area contributed by atoms with Gasteiger partial charge in [-0.15, -0.1) is 0 Å². The van der Waals surface area contributed by atoms with Gasteiger partial charge < -0.3 is 24.5 Å². The third-order valence-electron chi connectivity index (χ3n) is 15.7. The first-order valence-corrected chi connectivity index (χ1v) is 22.2. The Morgan fingerprint density at radius 3 is 2.25 bits per heavy atom. The molecule has 5 heterocycles. The number of aryl methyl sites for hydroxylation is 2. The van der Waals surface area contributed by atoms with Crippen molar-refractivity contribution in [2.75, 3.05) is 31.1 Å². The minimum atomic E-state index is -0.602.